The Hall–Kier alpha value is -2.59. The van der Waals surface area contributed by atoms with Crippen molar-refractivity contribution in [1.29, 1.82) is 0 Å². The minimum Gasteiger partial charge on any atom is -0.436 e. The number of amides is 4. The van der Waals surface area contributed by atoms with Crippen LogP contribution < -0.4 is 5.32 Å². The smallest absolute Gasteiger partial charge is 0.410 e. The fraction of sp³-hybridized carbons (Fsp3) is 0.500. The maximum absolute atomic E-state index is 13.5. The average molecular weight is 676 g/mol. The van der Waals surface area contributed by atoms with Gasteiger partial charge in [-0.2, -0.15) is 0 Å². The van der Waals surface area contributed by atoms with Crippen LogP contribution in [0.2, 0.25) is 0 Å². The summed E-state index contributed by atoms with van der Waals surface area (Å²) in [6.07, 6.45) is 4.14. The lowest BCUT2D eigenvalue weighted by Gasteiger charge is -2.38. The zero-order valence-corrected chi connectivity index (χ0v) is 26.0. The number of hydrogen-bond acceptors (Lipinski definition) is 4. The molecule has 0 aromatic heterocycles. The van der Waals surface area contributed by atoms with Gasteiger partial charge in [-0.1, -0.05) is 50.1 Å². The summed E-state index contributed by atoms with van der Waals surface area (Å²) in [7, 11) is 0. The Kier molecular flexibility index (Phi) is 9.35. The minimum absolute atomic E-state index is 0.0476. The van der Waals surface area contributed by atoms with Gasteiger partial charge in [0.05, 0.1) is 0 Å². The maximum Gasteiger partial charge on any atom is 0.410 e. The topological polar surface area (TPSA) is 82.2 Å². The summed E-state index contributed by atoms with van der Waals surface area (Å²) in [5, 5.41) is 3.04. The number of urea groups is 1. The Balaban J connectivity index is 1.22. The molecule has 0 unspecified atom stereocenters. The largest absolute Gasteiger partial charge is 0.436 e. The quantitative estimate of drug-likeness (QED) is 0.413. The molecule has 214 valence electrons. The third-order valence-corrected chi connectivity index (χ3v) is 9.90. The van der Waals surface area contributed by atoms with Gasteiger partial charge in [-0.3, -0.25) is 4.79 Å². The Bertz CT molecular complexity index is 1240. The number of nitrogens with one attached hydrogen (secondary N) is 1. The van der Waals surface area contributed by atoms with Crippen molar-refractivity contribution >= 4 is 55.6 Å². The van der Waals surface area contributed by atoms with Gasteiger partial charge in [0.25, 0.3) is 5.91 Å². The van der Waals surface area contributed by atoms with Gasteiger partial charge in [0.1, 0.15) is 0 Å². The number of anilines is 1. The molecule has 2 aromatic rings. The minimum atomic E-state index is -0.889. The summed E-state index contributed by atoms with van der Waals surface area (Å²) >= 11 is 7.19. The molecule has 2 aromatic carbocycles. The van der Waals surface area contributed by atoms with E-state index in [0.717, 1.165) is 57.0 Å². The molecule has 10 heteroatoms. The molecule has 0 bridgehead atoms. The first-order valence-corrected chi connectivity index (χ1v) is 15.7. The molecule has 2 fully saturated rings. The summed E-state index contributed by atoms with van der Waals surface area (Å²) in [6.45, 7) is 5.00. The highest BCUT2D eigenvalue weighted by atomic mass is 79.9. The first-order valence-electron chi connectivity index (χ1n) is 14.1. The molecular formula is C30H36Br2N4O4. The summed E-state index contributed by atoms with van der Waals surface area (Å²) in [5.74, 6) is -0.128. The van der Waals surface area contributed by atoms with E-state index >= 15 is 0 Å². The van der Waals surface area contributed by atoms with E-state index < -0.39 is 12.2 Å². The summed E-state index contributed by atoms with van der Waals surface area (Å²) in [6, 6.07) is 11.8. The monoisotopic (exact) mass is 674 g/mol. The molecule has 3 aliphatic rings. The lowest BCUT2D eigenvalue weighted by atomic mass is 10.0. The Labute approximate surface area is 252 Å². The van der Waals surface area contributed by atoms with Crippen LogP contribution in [-0.4, -0.2) is 77.6 Å². The molecule has 4 amide bonds. The fourth-order valence-corrected chi connectivity index (χ4v) is 7.10. The van der Waals surface area contributed by atoms with Gasteiger partial charge >= 0.3 is 12.1 Å². The second kappa shape index (κ2) is 12.9. The molecule has 5 rings (SSSR count). The second-order valence-corrected chi connectivity index (χ2v) is 12.6. The maximum atomic E-state index is 13.5. The number of rotatable bonds is 5. The highest BCUT2D eigenvalue weighted by Crippen LogP contribution is 2.29. The van der Waals surface area contributed by atoms with Crippen LogP contribution in [0.5, 0.6) is 0 Å². The van der Waals surface area contributed by atoms with Crippen LogP contribution in [-0.2, 0) is 22.4 Å². The molecular weight excluding hydrogens is 640 g/mol. The number of halogens is 2. The van der Waals surface area contributed by atoms with Gasteiger partial charge in [0.15, 0.2) is 6.10 Å². The van der Waals surface area contributed by atoms with E-state index in [1.165, 1.54) is 0 Å². The van der Waals surface area contributed by atoms with Crippen molar-refractivity contribution in [2.75, 3.05) is 38.0 Å². The van der Waals surface area contributed by atoms with Gasteiger partial charge in [-0.25, -0.2) is 9.59 Å². The molecule has 2 saturated heterocycles. The number of ether oxygens (including phenoxy) is 1. The molecule has 3 heterocycles. The molecule has 0 spiro atoms. The van der Waals surface area contributed by atoms with Crippen molar-refractivity contribution in [2.45, 2.75) is 64.0 Å². The van der Waals surface area contributed by atoms with Crippen LogP contribution in [0.3, 0.4) is 0 Å². The number of benzene rings is 2. The van der Waals surface area contributed by atoms with Gasteiger partial charge in [-0.15, -0.1) is 0 Å². The Morgan fingerprint density at radius 1 is 0.975 bits per heavy atom. The number of piperidine rings is 2. The van der Waals surface area contributed by atoms with Crippen molar-refractivity contribution in [3.8, 4) is 0 Å². The van der Waals surface area contributed by atoms with Crippen LogP contribution in [0.15, 0.2) is 45.3 Å². The van der Waals surface area contributed by atoms with Crippen molar-refractivity contribution < 1.29 is 19.1 Å². The third-order valence-electron chi connectivity index (χ3n) is 8.25. The zero-order valence-electron chi connectivity index (χ0n) is 22.8. The zero-order chi connectivity index (χ0) is 28.2. The van der Waals surface area contributed by atoms with Crippen LogP contribution in [0.1, 0.15) is 48.8 Å². The van der Waals surface area contributed by atoms with Crippen molar-refractivity contribution in [3.05, 3.63) is 62.0 Å². The van der Waals surface area contributed by atoms with Crippen molar-refractivity contribution in [1.82, 2.24) is 14.7 Å². The molecule has 0 saturated carbocycles. The first-order chi connectivity index (χ1) is 19.3. The standard InChI is InChI=1S/C30H36Br2N4O4/c1-20-24(31)17-21(18-25(20)32)19-27(28(37)34-12-5-2-6-13-34)40-30(39)35-14-10-23(11-15-35)36-16-9-22-7-3-4-8-26(22)33-29(36)38/h3-4,7-8,17-18,23,27H,2,5-6,9-16,19H2,1H3,(H,33,38)/t27-/m1/s1. The molecule has 3 aliphatic heterocycles. The molecule has 1 N–H and O–H groups in total. The third kappa shape index (κ3) is 6.65. The number of nitrogens with zero attached hydrogens (tertiary/aromatic N) is 3. The summed E-state index contributed by atoms with van der Waals surface area (Å²) < 4.78 is 7.84. The number of carbonyl (C=O) groups excluding carboxylic acids is 3. The highest BCUT2D eigenvalue weighted by molar-refractivity contribution is 9.11. The van der Waals surface area contributed by atoms with E-state index in [9.17, 15) is 14.4 Å². The molecule has 0 radical (unpaired) electrons. The predicted molar refractivity (Wildman–Crippen MR) is 161 cm³/mol. The number of para-hydroxylation sites is 1. The Morgan fingerprint density at radius 2 is 1.65 bits per heavy atom. The highest BCUT2D eigenvalue weighted by Gasteiger charge is 2.35. The number of likely N-dealkylation sites (tertiary alicyclic amines) is 2. The van der Waals surface area contributed by atoms with E-state index in [1.54, 1.807) is 4.90 Å². The molecule has 40 heavy (non-hydrogen) atoms. The molecule has 1 atom stereocenters. The van der Waals surface area contributed by atoms with E-state index in [0.29, 0.717) is 52.0 Å². The fourth-order valence-electron chi connectivity index (χ4n) is 5.82. The number of carbonyl (C=O) groups is 3. The van der Waals surface area contributed by atoms with Crippen molar-refractivity contribution in [3.63, 3.8) is 0 Å². The lowest BCUT2D eigenvalue weighted by molar-refractivity contribution is -0.141. The second-order valence-electron chi connectivity index (χ2n) is 10.9. The van der Waals surface area contributed by atoms with Crippen LogP contribution in [0.25, 0.3) is 0 Å². The van der Waals surface area contributed by atoms with Gasteiger partial charge < -0.3 is 24.8 Å². The number of fused-ring (bicyclic) bond motifs is 1. The van der Waals surface area contributed by atoms with Gasteiger partial charge in [-0.05, 0) is 80.3 Å². The average Bonchev–Trinajstić information content (AvgIpc) is 3.13. The summed E-state index contributed by atoms with van der Waals surface area (Å²) in [4.78, 5) is 45.3. The number of hydrogen-bond donors (Lipinski definition) is 1. The molecule has 8 nitrogen and oxygen atoms in total. The molecule has 0 aliphatic carbocycles. The SMILES string of the molecule is Cc1c(Br)cc(C[C@@H](OC(=O)N2CCC(N3CCc4ccccc4NC3=O)CC2)C(=O)N2CCCCC2)cc1Br. The van der Waals surface area contributed by atoms with E-state index in [1.807, 2.05) is 53.1 Å². The van der Waals surface area contributed by atoms with E-state index in [-0.39, 0.29) is 18.0 Å². The van der Waals surface area contributed by atoms with Gasteiger partial charge in [0.2, 0.25) is 0 Å². The van der Waals surface area contributed by atoms with Crippen LogP contribution >= 0.6 is 31.9 Å². The van der Waals surface area contributed by atoms with Crippen LogP contribution in [0, 0.1) is 6.92 Å². The Morgan fingerprint density at radius 3 is 2.35 bits per heavy atom. The normalized spacial score (nSPS) is 19.0. The first kappa shape index (κ1) is 28.9. The predicted octanol–water partition coefficient (Wildman–Crippen LogP) is 6.13. The summed E-state index contributed by atoms with van der Waals surface area (Å²) in [5.41, 5.74) is 3.99. The lowest BCUT2D eigenvalue weighted by Crippen LogP contribution is -2.51. The van der Waals surface area contributed by atoms with E-state index in [4.69, 9.17) is 4.74 Å². The van der Waals surface area contributed by atoms with Crippen LogP contribution in [0.4, 0.5) is 15.3 Å². The van der Waals surface area contributed by atoms with Gasteiger partial charge in [0, 0.05) is 59.8 Å². The van der Waals surface area contributed by atoms with Crippen molar-refractivity contribution in [2.24, 2.45) is 0 Å². The van der Waals surface area contributed by atoms with E-state index in [2.05, 4.69) is 37.2 Å².